The Kier molecular flexibility index (Phi) is 7.03. The molecule has 0 amide bonds. The summed E-state index contributed by atoms with van der Waals surface area (Å²) >= 11 is 0. The Morgan fingerprint density at radius 1 is 1.16 bits per heavy atom. The predicted octanol–water partition coefficient (Wildman–Crippen LogP) is 2.79. The summed E-state index contributed by atoms with van der Waals surface area (Å²) < 4.78 is 28.1. The Balaban J connectivity index is 1.72. The zero-order chi connectivity index (χ0) is 27.4. The van der Waals surface area contributed by atoms with Crippen molar-refractivity contribution in [3.8, 4) is 0 Å². The molecule has 204 valence electrons. The molecule has 0 heterocycles. The minimum atomic E-state index is -2.09. The fourth-order valence-electron chi connectivity index (χ4n) is 8.18. The first kappa shape index (κ1) is 27.6. The number of aliphatic hydroxyl groups excluding tert-OH is 2. The fraction of sp³-hybridized carbons (Fsp3) is 0.714. The van der Waals surface area contributed by atoms with Gasteiger partial charge in [-0.1, -0.05) is 25.5 Å². The molecule has 0 saturated heterocycles. The Labute approximate surface area is 216 Å². The summed E-state index contributed by atoms with van der Waals surface area (Å²) in [4.78, 5) is 50.1. The number of Topliss-reactive ketones (excluding diaryl/α,β-unsaturated/α-hetero) is 1. The molecular formula is C28H37FO8. The molecule has 0 spiro atoms. The van der Waals surface area contributed by atoms with Crippen molar-refractivity contribution in [1.29, 1.82) is 0 Å². The molecule has 4 aliphatic carbocycles. The van der Waals surface area contributed by atoms with Crippen molar-refractivity contribution in [1.82, 2.24) is 0 Å². The van der Waals surface area contributed by atoms with Crippen molar-refractivity contribution < 1.29 is 43.3 Å². The molecular weight excluding hydrogens is 483 g/mol. The van der Waals surface area contributed by atoms with Gasteiger partial charge < -0.3 is 19.7 Å². The van der Waals surface area contributed by atoms with Gasteiger partial charge in [0.1, 0.15) is 6.61 Å². The molecule has 9 heteroatoms. The van der Waals surface area contributed by atoms with Crippen LogP contribution in [-0.2, 0) is 28.7 Å². The van der Waals surface area contributed by atoms with E-state index >= 15 is 4.39 Å². The number of carbonyl (C=O) groups excluding carboxylic acids is 4. The number of hydrogen-bond donors (Lipinski definition) is 2. The molecule has 0 aliphatic heterocycles. The highest BCUT2D eigenvalue weighted by Gasteiger charge is 2.77. The van der Waals surface area contributed by atoms with Crippen LogP contribution in [-0.4, -0.2) is 64.3 Å². The van der Waals surface area contributed by atoms with Gasteiger partial charge in [-0.2, -0.15) is 0 Å². The Morgan fingerprint density at radius 2 is 1.84 bits per heavy atom. The standard InChI is InChI=1S/C28H37FO8/c1-5-36-23(34)8-9-24(35)37-28(22(33)15-30)16(2)12-20-19-7-6-17-13-18(31)10-11-25(17,3)27(19,29)21(32)14-26(20,28)4/h10-11,13,16,19-21,30,32H,5-9,12,14-15H2,1-4H3/t16?,19-,20-,21?,25-,26-,27-,28-/m0/s1. The molecule has 3 saturated carbocycles. The van der Waals surface area contributed by atoms with Crippen molar-refractivity contribution in [2.75, 3.05) is 13.2 Å². The number of ketones is 2. The van der Waals surface area contributed by atoms with E-state index in [1.807, 2.05) is 0 Å². The molecule has 37 heavy (non-hydrogen) atoms. The van der Waals surface area contributed by atoms with Gasteiger partial charge in [0.25, 0.3) is 0 Å². The van der Waals surface area contributed by atoms with E-state index in [1.54, 1.807) is 33.8 Å². The summed E-state index contributed by atoms with van der Waals surface area (Å²) in [5.41, 5.74) is -5.57. The summed E-state index contributed by atoms with van der Waals surface area (Å²) in [6.45, 7) is 6.13. The Hall–Kier alpha value is -2.39. The van der Waals surface area contributed by atoms with Gasteiger partial charge in [-0.15, -0.1) is 0 Å². The van der Waals surface area contributed by atoms with Gasteiger partial charge in [0.15, 0.2) is 17.1 Å². The zero-order valence-electron chi connectivity index (χ0n) is 21.9. The number of halogens is 1. The van der Waals surface area contributed by atoms with Crippen molar-refractivity contribution >= 4 is 23.5 Å². The minimum Gasteiger partial charge on any atom is -0.466 e. The Bertz CT molecular complexity index is 1070. The van der Waals surface area contributed by atoms with Crippen molar-refractivity contribution in [3.05, 3.63) is 23.8 Å². The molecule has 2 unspecified atom stereocenters. The molecule has 0 aromatic carbocycles. The van der Waals surface area contributed by atoms with E-state index in [-0.39, 0.29) is 31.7 Å². The highest BCUT2D eigenvalue weighted by atomic mass is 19.1. The first-order valence-electron chi connectivity index (χ1n) is 13.1. The van der Waals surface area contributed by atoms with Crippen LogP contribution in [0.15, 0.2) is 23.8 Å². The molecule has 0 aromatic rings. The third-order valence-electron chi connectivity index (χ3n) is 9.85. The number of aliphatic hydroxyl groups is 2. The quantitative estimate of drug-likeness (QED) is 0.491. The van der Waals surface area contributed by atoms with Gasteiger partial charge in [-0.3, -0.25) is 19.2 Å². The number of hydrogen-bond acceptors (Lipinski definition) is 8. The monoisotopic (exact) mass is 520 g/mol. The van der Waals surface area contributed by atoms with Crippen LogP contribution in [0.1, 0.15) is 66.2 Å². The number of rotatable bonds is 7. The third kappa shape index (κ3) is 3.75. The van der Waals surface area contributed by atoms with E-state index in [2.05, 4.69) is 0 Å². The minimum absolute atomic E-state index is 0.168. The normalized spacial score (nSPS) is 42.2. The van der Waals surface area contributed by atoms with Gasteiger partial charge in [-0.05, 0) is 57.6 Å². The fourth-order valence-corrected chi connectivity index (χ4v) is 8.18. The van der Waals surface area contributed by atoms with Gasteiger partial charge in [0.05, 0.1) is 25.6 Å². The first-order chi connectivity index (χ1) is 17.3. The number of fused-ring (bicyclic) bond motifs is 5. The van der Waals surface area contributed by atoms with E-state index < -0.39 is 70.3 Å². The summed E-state index contributed by atoms with van der Waals surface area (Å²) in [7, 11) is 0. The van der Waals surface area contributed by atoms with Gasteiger partial charge >= 0.3 is 11.9 Å². The van der Waals surface area contributed by atoms with E-state index in [0.717, 1.165) is 0 Å². The molecule has 0 radical (unpaired) electrons. The van der Waals surface area contributed by atoms with Crippen LogP contribution in [0.3, 0.4) is 0 Å². The average molecular weight is 521 g/mol. The first-order valence-corrected chi connectivity index (χ1v) is 13.1. The van der Waals surface area contributed by atoms with Crippen LogP contribution in [0.2, 0.25) is 0 Å². The largest absolute Gasteiger partial charge is 0.466 e. The SMILES string of the molecule is CCOC(=O)CCC(=O)O[C@]1(C(=O)CO)C(C)C[C@H]2[C@@H]3CCC4=CC(=O)C=C[C@]4(C)[C@@]3(F)C(O)C[C@@]21C. The molecule has 4 rings (SSSR count). The predicted molar refractivity (Wildman–Crippen MR) is 130 cm³/mol. The zero-order valence-corrected chi connectivity index (χ0v) is 21.9. The number of allylic oxidation sites excluding steroid dienone is 4. The third-order valence-corrected chi connectivity index (χ3v) is 9.85. The number of carbonyl (C=O) groups is 4. The summed E-state index contributed by atoms with van der Waals surface area (Å²) in [5.74, 6) is -3.93. The van der Waals surface area contributed by atoms with Crippen LogP contribution < -0.4 is 0 Å². The van der Waals surface area contributed by atoms with Crippen LogP contribution in [0.4, 0.5) is 4.39 Å². The van der Waals surface area contributed by atoms with Crippen molar-refractivity contribution in [2.24, 2.45) is 28.6 Å². The smallest absolute Gasteiger partial charge is 0.307 e. The Morgan fingerprint density at radius 3 is 2.49 bits per heavy atom. The van der Waals surface area contributed by atoms with E-state index in [0.29, 0.717) is 24.8 Å². The molecule has 0 aromatic heterocycles. The lowest BCUT2D eigenvalue weighted by atomic mass is 9.44. The lowest BCUT2D eigenvalue weighted by molar-refractivity contribution is -0.228. The van der Waals surface area contributed by atoms with Crippen molar-refractivity contribution in [2.45, 2.75) is 83.6 Å². The van der Waals surface area contributed by atoms with Crippen LogP contribution >= 0.6 is 0 Å². The maximum absolute atomic E-state index is 17.3. The molecule has 3 fully saturated rings. The molecule has 2 N–H and O–H groups in total. The maximum atomic E-state index is 17.3. The number of esters is 2. The summed E-state index contributed by atoms with van der Waals surface area (Å²) in [5, 5.41) is 21.4. The average Bonchev–Trinajstić information content (AvgIpc) is 3.06. The summed E-state index contributed by atoms with van der Waals surface area (Å²) in [6, 6.07) is 0. The molecule has 8 nitrogen and oxygen atoms in total. The van der Waals surface area contributed by atoms with E-state index in [1.165, 1.54) is 12.2 Å². The second-order valence-corrected chi connectivity index (χ2v) is 11.5. The van der Waals surface area contributed by atoms with E-state index in [9.17, 15) is 29.4 Å². The number of ether oxygens (including phenoxy) is 2. The lowest BCUT2D eigenvalue weighted by Crippen LogP contribution is -2.70. The van der Waals surface area contributed by atoms with Crippen LogP contribution in [0, 0.1) is 28.6 Å². The van der Waals surface area contributed by atoms with Crippen LogP contribution in [0.5, 0.6) is 0 Å². The van der Waals surface area contributed by atoms with Crippen LogP contribution in [0.25, 0.3) is 0 Å². The molecule has 4 aliphatic rings. The lowest BCUT2D eigenvalue weighted by Gasteiger charge is -2.62. The molecule has 8 atom stereocenters. The highest BCUT2D eigenvalue weighted by molar-refractivity contribution is 6.01. The second kappa shape index (κ2) is 9.42. The highest BCUT2D eigenvalue weighted by Crippen LogP contribution is 2.71. The topological polar surface area (TPSA) is 127 Å². The molecule has 0 bridgehead atoms. The number of alkyl halides is 1. The maximum Gasteiger partial charge on any atom is 0.307 e. The van der Waals surface area contributed by atoms with Gasteiger partial charge in [0, 0.05) is 22.7 Å². The van der Waals surface area contributed by atoms with Gasteiger partial charge in [-0.25, -0.2) is 4.39 Å². The second-order valence-electron chi connectivity index (χ2n) is 11.5. The summed E-state index contributed by atoms with van der Waals surface area (Å²) in [6.07, 6.45) is 3.34. The van der Waals surface area contributed by atoms with Crippen molar-refractivity contribution in [3.63, 3.8) is 0 Å². The van der Waals surface area contributed by atoms with E-state index in [4.69, 9.17) is 9.47 Å². The van der Waals surface area contributed by atoms with Gasteiger partial charge in [0.2, 0.25) is 5.78 Å².